The number of halogens is 4. The van der Waals surface area contributed by atoms with Crippen molar-refractivity contribution < 1.29 is 27.1 Å². The van der Waals surface area contributed by atoms with Crippen LogP contribution in [0.5, 0.6) is 0 Å². The molecule has 0 aromatic heterocycles. The Labute approximate surface area is 100 Å². The molecule has 7 heteroatoms. The number of carbonyl (C=O) groups is 1. The van der Waals surface area contributed by atoms with Crippen LogP contribution < -0.4 is 5.32 Å². The van der Waals surface area contributed by atoms with E-state index in [1.807, 2.05) is 0 Å². The van der Waals surface area contributed by atoms with Crippen LogP contribution >= 0.6 is 0 Å². The third-order valence-electron chi connectivity index (χ3n) is 1.91. The van der Waals surface area contributed by atoms with E-state index in [0.717, 1.165) is 31.4 Å². The Morgan fingerprint density at radius 2 is 1.83 bits per heavy atom. The molecule has 0 bridgehead atoms. The molecule has 0 fully saturated rings. The minimum absolute atomic E-state index is 0.0488. The zero-order valence-corrected chi connectivity index (χ0v) is 9.22. The maximum Gasteiger partial charge on any atom is 0.416 e. The van der Waals surface area contributed by atoms with Gasteiger partial charge >= 0.3 is 6.18 Å². The number of hydrogen-bond acceptors (Lipinski definition) is 2. The highest BCUT2D eigenvalue weighted by molar-refractivity contribution is 6.01. The summed E-state index contributed by atoms with van der Waals surface area (Å²) in [7, 11) is 1.16. The Morgan fingerprint density at radius 1 is 1.28 bits per heavy atom. The van der Waals surface area contributed by atoms with Crippen LogP contribution in [-0.4, -0.2) is 13.0 Å². The van der Waals surface area contributed by atoms with Crippen LogP contribution in [0.2, 0.25) is 0 Å². The van der Waals surface area contributed by atoms with E-state index in [9.17, 15) is 22.4 Å². The summed E-state index contributed by atoms with van der Waals surface area (Å²) in [5.74, 6) is -2.28. The molecule has 0 unspecified atom stereocenters. The zero-order chi connectivity index (χ0) is 13.8. The Balaban J connectivity index is 2.76. The molecule has 1 aromatic carbocycles. The standard InChI is InChI=1S/C11H9F4NO2/c1-18-6-9(12)10(17)16-8-4-2-7(3-5-8)11(13,14)15/h2-6H,1H3,(H,16,17)/b9-6+. The molecule has 0 aliphatic rings. The highest BCUT2D eigenvalue weighted by atomic mass is 19.4. The van der Waals surface area contributed by atoms with E-state index in [2.05, 4.69) is 10.1 Å². The number of methoxy groups -OCH3 is 1. The van der Waals surface area contributed by atoms with Gasteiger partial charge in [-0.25, -0.2) is 0 Å². The number of amides is 1. The first-order valence-electron chi connectivity index (χ1n) is 4.71. The average Bonchev–Trinajstić information content (AvgIpc) is 2.28. The Bertz CT molecular complexity index is 451. The van der Waals surface area contributed by atoms with E-state index in [1.54, 1.807) is 0 Å². The lowest BCUT2D eigenvalue weighted by Crippen LogP contribution is -2.12. The van der Waals surface area contributed by atoms with Crippen molar-refractivity contribution in [2.45, 2.75) is 6.18 Å². The number of ether oxygens (including phenoxy) is 1. The van der Waals surface area contributed by atoms with Crippen LogP contribution in [0, 0.1) is 0 Å². The second-order valence-electron chi connectivity index (χ2n) is 3.23. The molecule has 0 spiro atoms. The number of alkyl halides is 3. The molecule has 0 radical (unpaired) electrons. The van der Waals surface area contributed by atoms with Crippen LogP contribution in [0.3, 0.4) is 0 Å². The van der Waals surface area contributed by atoms with Gasteiger partial charge in [0.25, 0.3) is 5.91 Å². The van der Waals surface area contributed by atoms with Crippen molar-refractivity contribution in [3.8, 4) is 0 Å². The van der Waals surface area contributed by atoms with Crippen molar-refractivity contribution in [3.63, 3.8) is 0 Å². The predicted molar refractivity (Wildman–Crippen MR) is 56.3 cm³/mol. The van der Waals surface area contributed by atoms with E-state index >= 15 is 0 Å². The molecule has 1 rings (SSSR count). The third-order valence-corrected chi connectivity index (χ3v) is 1.91. The van der Waals surface area contributed by atoms with Crippen LogP contribution in [0.15, 0.2) is 36.4 Å². The fourth-order valence-corrected chi connectivity index (χ4v) is 1.09. The maximum absolute atomic E-state index is 12.9. The van der Waals surface area contributed by atoms with Gasteiger partial charge in [0.15, 0.2) is 0 Å². The van der Waals surface area contributed by atoms with Gasteiger partial charge in [-0.1, -0.05) is 0 Å². The van der Waals surface area contributed by atoms with Crippen molar-refractivity contribution >= 4 is 11.6 Å². The Hall–Kier alpha value is -2.05. The summed E-state index contributed by atoms with van der Waals surface area (Å²) in [5.41, 5.74) is -0.805. The van der Waals surface area contributed by atoms with Crippen LogP contribution in [-0.2, 0) is 15.7 Å². The number of rotatable bonds is 3. The smallest absolute Gasteiger partial charge is 0.416 e. The normalized spacial score (nSPS) is 12.2. The Morgan fingerprint density at radius 3 is 2.28 bits per heavy atom. The average molecular weight is 263 g/mol. The maximum atomic E-state index is 12.9. The van der Waals surface area contributed by atoms with Gasteiger partial charge in [-0.3, -0.25) is 4.79 Å². The highest BCUT2D eigenvalue weighted by Gasteiger charge is 2.30. The zero-order valence-electron chi connectivity index (χ0n) is 9.22. The first kappa shape index (κ1) is 14.0. The fraction of sp³-hybridized carbons (Fsp3) is 0.182. The molecule has 1 N–H and O–H groups in total. The molecule has 0 aliphatic carbocycles. The van der Waals surface area contributed by atoms with Crippen molar-refractivity contribution in [1.29, 1.82) is 0 Å². The monoisotopic (exact) mass is 263 g/mol. The second-order valence-corrected chi connectivity index (χ2v) is 3.23. The van der Waals surface area contributed by atoms with Crippen molar-refractivity contribution in [2.75, 3.05) is 12.4 Å². The highest BCUT2D eigenvalue weighted by Crippen LogP contribution is 2.29. The van der Waals surface area contributed by atoms with Gasteiger partial charge in [0.05, 0.1) is 12.7 Å². The molecule has 0 atom stereocenters. The van der Waals surface area contributed by atoms with Gasteiger partial charge in [0.2, 0.25) is 5.83 Å². The van der Waals surface area contributed by atoms with E-state index in [1.165, 1.54) is 0 Å². The number of carbonyl (C=O) groups excluding carboxylic acids is 1. The van der Waals surface area contributed by atoms with Gasteiger partial charge in [-0.2, -0.15) is 17.6 Å². The first-order valence-corrected chi connectivity index (χ1v) is 4.71. The van der Waals surface area contributed by atoms with E-state index in [4.69, 9.17) is 0 Å². The molecular formula is C11H9F4NO2. The summed E-state index contributed by atoms with van der Waals surface area (Å²) in [4.78, 5) is 11.1. The summed E-state index contributed by atoms with van der Waals surface area (Å²) in [6, 6.07) is 3.63. The van der Waals surface area contributed by atoms with Crippen molar-refractivity contribution in [3.05, 3.63) is 41.9 Å². The van der Waals surface area contributed by atoms with Crippen LogP contribution in [0.1, 0.15) is 5.56 Å². The lowest BCUT2D eigenvalue weighted by atomic mass is 10.2. The van der Waals surface area contributed by atoms with Gasteiger partial charge in [-0.05, 0) is 24.3 Å². The van der Waals surface area contributed by atoms with Gasteiger partial charge in [0, 0.05) is 5.69 Å². The minimum atomic E-state index is -4.45. The van der Waals surface area contributed by atoms with Gasteiger partial charge in [0.1, 0.15) is 6.26 Å². The van der Waals surface area contributed by atoms with E-state index in [0.29, 0.717) is 6.26 Å². The number of benzene rings is 1. The summed E-state index contributed by atoms with van der Waals surface area (Å²) in [6.07, 6.45) is -3.87. The molecule has 0 saturated carbocycles. The number of hydrogen-bond donors (Lipinski definition) is 1. The molecule has 0 saturated heterocycles. The van der Waals surface area contributed by atoms with E-state index in [-0.39, 0.29) is 5.69 Å². The SMILES string of the molecule is CO/C=C(/F)C(=O)Nc1ccc(C(F)(F)F)cc1. The van der Waals surface area contributed by atoms with Crippen molar-refractivity contribution in [2.24, 2.45) is 0 Å². The molecule has 98 valence electrons. The first-order chi connectivity index (χ1) is 8.34. The Kier molecular flexibility index (Phi) is 4.30. The second kappa shape index (κ2) is 5.52. The minimum Gasteiger partial charge on any atom is -0.501 e. The summed E-state index contributed by atoms with van der Waals surface area (Å²) in [5, 5.41) is 2.08. The number of nitrogens with one attached hydrogen (secondary N) is 1. The lowest BCUT2D eigenvalue weighted by molar-refractivity contribution is -0.137. The fourth-order valence-electron chi connectivity index (χ4n) is 1.09. The predicted octanol–water partition coefficient (Wildman–Crippen LogP) is 3.10. The largest absolute Gasteiger partial charge is 0.501 e. The quantitative estimate of drug-likeness (QED) is 0.517. The van der Waals surface area contributed by atoms with Gasteiger partial charge in [-0.15, -0.1) is 0 Å². The molecule has 0 aliphatic heterocycles. The summed E-state index contributed by atoms with van der Waals surface area (Å²) < 4.78 is 53.9. The van der Waals surface area contributed by atoms with Gasteiger partial charge < -0.3 is 10.1 Å². The molecule has 18 heavy (non-hydrogen) atoms. The summed E-state index contributed by atoms with van der Waals surface area (Å²) >= 11 is 0. The molecule has 1 amide bonds. The lowest BCUT2D eigenvalue weighted by Gasteiger charge is -2.08. The van der Waals surface area contributed by atoms with E-state index < -0.39 is 23.5 Å². The molecular weight excluding hydrogens is 254 g/mol. The summed E-state index contributed by atoms with van der Waals surface area (Å²) in [6.45, 7) is 0. The van der Waals surface area contributed by atoms with Crippen LogP contribution in [0.25, 0.3) is 0 Å². The molecule has 0 heterocycles. The van der Waals surface area contributed by atoms with Crippen molar-refractivity contribution in [1.82, 2.24) is 0 Å². The van der Waals surface area contributed by atoms with Crippen LogP contribution in [0.4, 0.5) is 23.2 Å². The molecule has 1 aromatic rings. The third kappa shape index (κ3) is 3.76. The number of anilines is 1. The molecule has 3 nitrogen and oxygen atoms in total. The topological polar surface area (TPSA) is 38.3 Å².